The molecule has 2 amide bonds. The summed E-state index contributed by atoms with van der Waals surface area (Å²) in [6, 6.07) is 1.18. The van der Waals surface area contributed by atoms with E-state index < -0.39 is 0 Å². The van der Waals surface area contributed by atoms with E-state index in [0.29, 0.717) is 12.1 Å². The number of hydrogen-bond acceptors (Lipinski definition) is 1. The van der Waals surface area contributed by atoms with Gasteiger partial charge in [0.2, 0.25) is 0 Å². The molecule has 0 aromatic carbocycles. The van der Waals surface area contributed by atoms with Crippen LogP contribution in [-0.4, -0.2) is 29.6 Å². The third-order valence-electron chi connectivity index (χ3n) is 3.65. The molecule has 0 unspecified atom stereocenters. The average Bonchev–Trinajstić information content (AvgIpc) is 3.11. The smallest absolute Gasteiger partial charge is 0.317 e. The number of carbonyl (C=O) groups excluding carboxylic acids is 1. The molecular weight excluding hydrogens is 200 g/mol. The lowest BCUT2D eigenvalue weighted by atomic mass is 9.96. The van der Waals surface area contributed by atoms with Gasteiger partial charge in [-0.25, -0.2) is 4.79 Å². The molecule has 0 bridgehead atoms. The van der Waals surface area contributed by atoms with Crippen LogP contribution in [0.2, 0.25) is 0 Å². The molecule has 2 aliphatic rings. The molecule has 2 aliphatic carbocycles. The second-order valence-electron chi connectivity index (χ2n) is 5.21. The maximum absolute atomic E-state index is 12.1. The van der Waals surface area contributed by atoms with Crippen LogP contribution in [0.4, 0.5) is 4.79 Å². The molecule has 0 radical (unpaired) electrons. The fourth-order valence-electron chi connectivity index (χ4n) is 2.58. The van der Waals surface area contributed by atoms with Crippen LogP contribution in [0, 0.1) is 0 Å². The van der Waals surface area contributed by atoms with Gasteiger partial charge in [0.1, 0.15) is 0 Å². The van der Waals surface area contributed by atoms with Crippen molar-refractivity contribution in [1.29, 1.82) is 0 Å². The first-order valence-corrected chi connectivity index (χ1v) is 6.88. The largest absolute Gasteiger partial charge is 0.335 e. The van der Waals surface area contributed by atoms with Gasteiger partial charge in [0.25, 0.3) is 0 Å². The second kappa shape index (κ2) is 5.55. The molecular formula is C13H24N2O. The molecule has 0 heterocycles. The monoisotopic (exact) mass is 224 g/mol. The predicted octanol–water partition coefficient (Wildman–Crippen LogP) is 2.90. The number of hydrogen-bond donors (Lipinski definition) is 1. The molecule has 2 saturated carbocycles. The highest BCUT2D eigenvalue weighted by Crippen LogP contribution is 2.27. The van der Waals surface area contributed by atoms with Crippen molar-refractivity contribution in [2.75, 3.05) is 6.54 Å². The van der Waals surface area contributed by atoms with Gasteiger partial charge in [0.05, 0.1) is 0 Å². The molecule has 2 fully saturated rings. The Labute approximate surface area is 98.6 Å². The zero-order valence-electron chi connectivity index (χ0n) is 10.4. The van der Waals surface area contributed by atoms with Gasteiger partial charge in [-0.05, 0) is 32.1 Å². The van der Waals surface area contributed by atoms with Crippen LogP contribution in [0.1, 0.15) is 58.3 Å². The molecule has 92 valence electrons. The van der Waals surface area contributed by atoms with E-state index >= 15 is 0 Å². The molecule has 3 heteroatoms. The molecule has 0 aliphatic heterocycles. The van der Waals surface area contributed by atoms with Crippen molar-refractivity contribution < 1.29 is 4.79 Å². The molecule has 3 nitrogen and oxygen atoms in total. The van der Waals surface area contributed by atoms with Gasteiger partial charge in [-0.2, -0.15) is 0 Å². The molecule has 2 rings (SSSR count). The number of nitrogens with one attached hydrogen (secondary N) is 1. The molecule has 0 atom stereocenters. The van der Waals surface area contributed by atoms with Crippen LogP contribution in [0.15, 0.2) is 0 Å². The Morgan fingerprint density at radius 3 is 2.44 bits per heavy atom. The Balaban J connectivity index is 1.79. The lowest BCUT2D eigenvalue weighted by Crippen LogP contribution is -2.46. The minimum Gasteiger partial charge on any atom is -0.335 e. The minimum absolute atomic E-state index is 0.191. The Morgan fingerprint density at radius 2 is 1.88 bits per heavy atom. The number of nitrogens with zero attached hydrogens (tertiary/aromatic N) is 1. The molecule has 0 aromatic rings. The number of rotatable bonds is 4. The van der Waals surface area contributed by atoms with E-state index in [1.165, 1.54) is 44.9 Å². The summed E-state index contributed by atoms with van der Waals surface area (Å²) in [7, 11) is 0. The summed E-state index contributed by atoms with van der Waals surface area (Å²) in [5.74, 6) is 0. The van der Waals surface area contributed by atoms with E-state index in [1.54, 1.807) is 0 Å². The van der Waals surface area contributed by atoms with Crippen molar-refractivity contribution in [3.8, 4) is 0 Å². The van der Waals surface area contributed by atoms with Gasteiger partial charge in [-0.1, -0.05) is 26.2 Å². The van der Waals surface area contributed by atoms with Gasteiger partial charge in [0.15, 0.2) is 0 Å². The summed E-state index contributed by atoms with van der Waals surface area (Å²) in [6.45, 7) is 3.06. The van der Waals surface area contributed by atoms with Crippen molar-refractivity contribution in [1.82, 2.24) is 10.2 Å². The molecule has 16 heavy (non-hydrogen) atoms. The normalized spacial score (nSPS) is 21.8. The Kier molecular flexibility index (Phi) is 4.08. The van der Waals surface area contributed by atoms with Gasteiger partial charge in [0, 0.05) is 18.6 Å². The molecule has 0 spiro atoms. The second-order valence-corrected chi connectivity index (χ2v) is 5.21. The SMILES string of the molecule is CCCN(C(=O)NC1CCCCC1)C1CC1. The van der Waals surface area contributed by atoms with Crippen molar-refractivity contribution >= 4 is 6.03 Å². The van der Waals surface area contributed by atoms with Crippen LogP contribution >= 0.6 is 0 Å². The zero-order valence-corrected chi connectivity index (χ0v) is 10.4. The van der Waals surface area contributed by atoms with Gasteiger partial charge in [-0.15, -0.1) is 0 Å². The summed E-state index contributed by atoms with van der Waals surface area (Å²) in [4.78, 5) is 14.1. The fourth-order valence-corrected chi connectivity index (χ4v) is 2.58. The van der Waals surface area contributed by atoms with Gasteiger partial charge in [-0.3, -0.25) is 0 Å². The third-order valence-corrected chi connectivity index (χ3v) is 3.65. The minimum atomic E-state index is 0.191. The van der Waals surface area contributed by atoms with Crippen LogP contribution < -0.4 is 5.32 Å². The quantitative estimate of drug-likeness (QED) is 0.782. The van der Waals surface area contributed by atoms with Gasteiger partial charge < -0.3 is 10.2 Å². The van der Waals surface area contributed by atoms with E-state index in [1.807, 2.05) is 0 Å². The fraction of sp³-hybridized carbons (Fsp3) is 0.923. The Hall–Kier alpha value is -0.730. The predicted molar refractivity (Wildman–Crippen MR) is 65.4 cm³/mol. The van der Waals surface area contributed by atoms with Crippen LogP contribution in [0.5, 0.6) is 0 Å². The maximum Gasteiger partial charge on any atom is 0.317 e. The lowest BCUT2D eigenvalue weighted by Gasteiger charge is -2.28. The maximum atomic E-state index is 12.1. The van der Waals surface area contributed by atoms with Crippen LogP contribution in [0.25, 0.3) is 0 Å². The first-order chi connectivity index (χ1) is 7.81. The number of carbonyl (C=O) groups is 1. The standard InChI is InChI=1S/C13H24N2O/c1-2-10-15(12-8-9-12)13(16)14-11-6-4-3-5-7-11/h11-12H,2-10H2,1H3,(H,14,16). The van der Waals surface area contributed by atoms with Gasteiger partial charge >= 0.3 is 6.03 Å². The van der Waals surface area contributed by atoms with Crippen molar-refractivity contribution in [2.45, 2.75) is 70.4 Å². The Morgan fingerprint density at radius 1 is 1.19 bits per heavy atom. The zero-order chi connectivity index (χ0) is 11.4. The first-order valence-electron chi connectivity index (χ1n) is 6.88. The summed E-state index contributed by atoms with van der Waals surface area (Å²) < 4.78 is 0. The topological polar surface area (TPSA) is 32.3 Å². The van der Waals surface area contributed by atoms with Crippen LogP contribution in [0.3, 0.4) is 0 Å². The highest BCUT2D eigenvalue weighted by atomic mass is 16.2. The summed E-state index contributed by atoms with van der Waals surface area (Å²) >= 11 is 0. The summed E-state index contributed by atoms with van der Waals surface area (Å²) in [6.07, 6.45) is 9.73. The summed E-state index contributed by atoms with van der Waals surface area (Å²) in [5, 5.41) is 3.21. The van der Waals surface area contributed by atoms with Crippen molar-refractivity contribution in [2.24, 2.45) is 0 Å². The van der Waals surface area contributed by atoms with Crippen molar-refractivity contribution in [3.63, 3.8) is 0 Å². The molecule has 0 aromatic heterocycles. The summed E-state index contributed by atoms with van der Waals surface area (Å²) in [5.41, 5.74) is 0. The van der Waals surface area contributed by atoms with E-state index in [2.05, 4.69) is 17.1 Å². The van der Waals surface area contributed by atoms with E-state index in [9.17, 15) is 4.79 Å². The average molecular weight is 224 g/mol. The molecule has 0 saturated heterocycles. The third kappa shape index (κ3) is 3.13. The highest BCUT2D eigenvalue weighted by Gasteiger charge is 2.32. The van der Waals surface area contributed by atoms with E-state index in [0.717, 1.165) is 13.0 Å². The number of urea groups is 1. The molecule has 1 N–H and O–H groups in total. The lowest BCUT2D eigenvalue weighted by molar-refractivity contribution is 0.187. The van der Waals surface area contributed by atoms with E-state index in [4.69, 9.17) is 0 Å². The van der Waals surface area contributed by atoms with Crippen molar-refractivity contribution in [3.05, 3.63) is 0 Å². The highest BCUT2D eigenvalue weighted by molar-refractivity contribution is 5.75. The number of amides is 2. The van der Waals surface area contributed by atoms with Crippen LogP contribution in [-0.2, 0) is 0 Å². The Bertz CT molecular complexity index is 232. The first kappa shape index (κ1) is 11.7. The van der Waals surface area contributed by atoms with E-state index in [-0.39, 0.29) is 6.03 Å².